The minimum absolute atomic E-state index is 0.622. The summed E-state index contributed by atoms with van der Waals surface area (Å²) in [6.45, 7) is 14.6. The van der Waals surface area contributed by atoms with Crippen molar-refractivity contribution < 1.29 is 4.43 Å². The van der Waals surface area contributed by atoms with Gasteiger partial charge >= 0.3 is 0 Å². The van der Waals surface area contributed by atoms with Gasteiger partial charge in [-0.25, -0.2) is 0 Å². The molecule has 4 aliphatic carbocycles. The molecule has 0 unspecified atom stereocenters. The Balaban J connectivity index is 1.83. The quantitative estimate of drug-likeness (QED) is 0.566. The van der Waals surface area contributed by atoms with Crippen molar-refractivity contribution in [2.75, 3.05) is 0 Å². The van der Waals surface area contributed by atoms with Crippen LogP contribution in [-0.2, 0) is 4.43 Å². The summed E-state index contributed by atoms with van der Waals surface area (Å²) in [6.07, 6.45) is 8.09. The lowest BCUT2D eigenvalue weighted by atomic mass is 9.55. The average molecular weight is 309 g/mol. The summed E-state index contributed by atoms with van der Waals surface area (Å²) >= 11 is 0. The average Bonchev–Trinajstić information content (AvgIpc) is 2.35. The molecule has 0 heterocycles. The molecule has 4 saturated carbocycles. The molecule has 2 heteroatoms. The topological polar surface area (TPSA) is 9.23 Å². The highest BCUT2D eigenvalue weighted by Gasteiger charge is 2.54. The van der Waals surface area contributed by atoms with Gasteiger partial charge in [-0.3, -0.25) is 0 Å². The van der Waals surface area contributed by atoms with Crippen LogP contribution in [0.2, 0.25) is 16.6 Å². The zero-order chi connectivity index (χ0) is 15.4. The van der Waals surface area contributed by atoms with Crippen LogP contribution in [0.1, 0.15) is 73.6 Å². The van der Waals surface area contributed by atoms with Crippen LogP contribution >= 0.6 is 0 Å². The number of hydrogen-bond acceptors (Lipinski definition) is 1. The molecule has 0 N–H and O–H groups in total. The van der Waals surface area contributed by atoms with Crippen molar-refractivity contribution >= 4 is 8.32 Å². The van der Waals surface area contributed by atoms with Gasteiger partial charge in [0, 0.05) is 0 Å². The van der Waals surface area contributed by atoms with Gasteiger partial charge in [0.15, 0.2) is 0 Å². The van der Waals surface area contributed by atoms with Gasteiger partial charge in [0.05, 0.1) is 6.10 Å². The zero-order valence-electron chi connectivity index (χ0n) is 15.1. The highest BCUT2D eigenvalue weighted by Crippen LogP contribution is 2.56. The molecule has 0 saturated heterocycles. The first-order valence-electron chi connectivity index (χ1n) is 9.52. The van der Waals surface area contributed by atoms with E-state index in [1.165, 1.54) is 25.7 Å². The van der Waals surface area contributed by atoms with Gasteiger partial charge in [0.1, 0.15) is 0 Å². The second-order valence-corrected chi connectivity index (χ2v) is 14.7. The molecule has 0 aromatic carbocycles. The molecule has 0 spiro atoms. The van der Waals surface area contributed by atoms with E-state index in [4.69, 9.17) is 4.43 Å². The molecular formula is C19H36OSi. The van der Waals surface area contributed by atoms with Crippen LogP contribution in [0, 0.1) is 23.7 Å². The van der Waals surface area contributed by atoms with Crippen molar-refractivity contribution in [2.24, 2.45) is 23.7 Å². The Kier molecular flexibility index (Phi) is 4.33. The van der Waals surface area contributed by atoms with Gasteiger partial charge in [-0.15, -0.1) is 0 Å². The lowest BCUT2D eigenvalue weighted by Crippen LogP contribution is -2.57. The fourth-order valence-corrected chi connectivity index (χ4v) is 12.4. The van der Waals surface area contributed by atoms with E-state index in [0.29, 0.717) is 6.10 Å². The fraction of sp³-hybridized carbons (Fsp3) is 1.00. The van der Waals surface area contributed by atoms with E-state index in [9.17, 15) is 0 Å². The fourth-order valence-electron chi connectivity index (χ4n) is 6.71. The largest absolute Gasteiger partial charge is 0.413 e. The minimum atomic E-state index is -1.69. The molecule has 0 atom stereocenters. The molecule has 0 radical (unpaired) electrons. The van der Waals surface area contributed by atoms with Gasteiger partial charge in [-0.05, 0) is 72.4 Å². The van der Waals surface area contributed by atoms with Crippen molar-refractivity contribution in [1.29, 1.82) is 0 Å². The van der Waals surface area contributed by atoms with Crippen LogP contribution in [0.3, 0.4) is 0 Å². The third kappa shape index (κ3) is 2.55. The summed E-state index contributed by atoms with van der Waals surface area (Å²) in [4.78, 5) is 0. The van der Waals surface area contributed by atoms with Crippen molar-refractivity contribution in [3.63, 3.8) is 0 Å². The molecule has 1 nitrogen and oxygen atoms in total. The molecule has 4 fully saturated rings. The second-order valence-electron chi connectivity index (χ2n) is 9.33. The third-order valence-electron chi connectivity index (χ3n) is 7.19. The van der Waals surface area contributed by atoms with Crippen LogP contribution in [0.25, 0.3) is 0 Å². The van der Waals surface area contributed by atoms with Gasteiger partial charge < -0.3 is 4.43 Å². The Morgan fingerprint density at radius 2 is 1.05 bits per heavy atom. The Morgan fingerprint density at radius 1 is 0.667 bits per heavy atom. The van der Waals surface area contributed by atoms with Gasteiger partial charge in [-0.1, -0.05) is 41.5 Å². The predicted octanol–water partition coefficient (Wildman–Crippen LogP) is 6.00. The molecule has 0 aromatic rings. The minimum Gasteiger partial charge on any atom is -0.413 e. The molecule has 0 amide bonds. The first kappa shape index (κ1) is 16.0. The Hall–Kier alpha value is 0.177. The van der Waals surface area contributed by atoms with Crippen molar-refractivity contribution in [3.8, 4) is 0 Å². The van der Waals surface area contributed by atoms with E-state index in [1.54, 1.807) is 6.42 Å². The van der Waals surface area contributed by atoms with E-state index < -0.39 is 8.32 Å². The van der Waals surface area contributed by atoms with E-state index in [1.807, 2.05) is 0 Å². The summed E-state index contributed by atoms with van der Waals surface area (Å²) in [5.41, 5.74) is 2.19. The van der Waals surface area contributed by atoms with Crippen LogP contribution in [0.15, 0.2) is 0 Å². The SMILES string of the molecule is CC(C)[Si](OC1C2CC3CC(C2)CC1C3)(C(C)C)C(C)C. The highest BCUT2D eigenvalue weighted by molar-refractivity contribution is 6.77. The van der Waals surface area contributed by atoms with E-state index in [0.717, 1.165) is 40.3 Å². The third-order valence-corrected chi connectivity index (χ3v) is 13.3. The normalized spacial score (nSPS) is 39.0. The van der Waals surface area contributed by atoms with Crippen molar-refractivity contribution in [1.82, 2.24) is 0 Å². The Morgan fingerprint density at radius 3 is 1.38 bits per heavy atom. The lowest BCUT2D eigenvalue weighted by molar-refractivity contribution is -0.0861. The smallest absolute Gasteiger partial charge is 0.200 e. The summed E-state index contributed by atoms with van der Waals surface area (Å²) < 4.78 is 7.24. The van der Waals surface area contributed by atoms with Crippen LogP contribution in [0.4, 0.5) is 0 Å². The van der Waals surface area contributed by atoms with E-state index >= 15 is 0 Å². The monoisotopic (exact) mass is 308 g/mol. The lowest BCUT2D eigenvalue weighted by Gasteiger charge is -2.57. The molecule has 122 valence electrons. The molecular weight excluding hydrogens is 272 g/mol. The molecule has 4 rings (SSSR count). The van der Waals surface area contributed by atoms with Crippen LogP contribution < -0.4 is 0 Å². The maximum atomic E-state index is 7.24. The summed E-state index contributed by atoms with van der Waals surface area (Å²) in [5.74, 6) is 3.93. The molecule has 0 aromatic heterocycles. The highest BCUT2D eigenvalue weighted by atomic mass is 28.4. The van der Waals surface area contributed by atoms with Crippen LogP contribution in [0.5, 0.6) is 0 Å². The Labute approximate surface area is 133 Å². The van der Waals surface area contributed by atoms with Gasteiger partial charge in [0.25, 0.3) is 0 Å². The Bertz CT molecular complexity index is 324. The van der Waals surface area contributed by atoms with Gasteiger partial charge in [0.2, 0.25) is 8.32 Å². The maximum absolute atomic E-state index is 7.24. The molecule has 4 aliphatic rings. The molecule has 0 aliphatic heterocycles. The first-order valence-corrected chi connectivity index (χ1v) is 11.7. The van der Waals surface area contributed by atoms with Crippen molar-refractivity contribution in [2.45, 2.75) is 96.4 Å². The number of rotatable bonds is 5. The van der Waals surface area contributed by atoms with Gasteiger partial charge in [-0.2, -0.15) is 0 Å². The number of hydrogen-bond donors (Lipinski definition) is 0. The first-order chi connectivity index (χ1) is 9.84. The maximum Gasteiger partial charge on any atom is 0.200 e. The zero-order valence-corrected chi connectivity index (χ0v) is 16.1. The van der Waals surface area contributed by atoms with Crippen molar-refractivity contribution in [3.05, 3.63) is 0 Å². The molecule has 21 heavy (non-hydrogen) atoms. The van der Waals surface area contributed by atoms with Crippen LogP contribution in [-0.4, -0.2) is 14.4 Å². The van der Waals surface area contributed by atoms with E-state index in [2.05, 4.69) is 41.5 Å². The molecule has 4 bridgehead atoms. The summed E-state index contributed by atoms with van der Waals surface area (Å²) in [5, 5.41) is 0. The standard InChI is InChI=1S/C19H36OSi/c1-12(2)21(13(3)4,14(5)6)20-19-17-8-15-7-16(10-17)11-18(19)9-15/h12-19H,7-11H2,1-6H3. The summed E-state index contributed by atoms with van der Waals surface area (Å²) in [7, 11) is -1.69. The predicted molar refractivity (Wildman–Crippen MR) is 93.0 cm³/mol. The second kappa shape index (κ2) is 5.67. The van der Waals surface area contributed by atoms with E-state index in [-0.39, 0.29) is 0 Å². The summed E-state index contributed by atoms with van der Waals surface area (Å²) in [6, 6.07) is 0.